The molecule has 0 spiro atoms. The van der Waals surface area contributed by atoms with Crippen molar-refractivity contribution in [2.45, 2.75) is 13.3 Å². The van der Waals surface area contributed by atoms with Crippen molar-refractivity contribution in [1.29, 1.82) is 0 Å². The lowest BCUT2D eigenvalue weighted by Gasteiger charge is -2.20. The van der Waals surface area contributed by atoms with Gasteiger partial charge >= 0.3 is 5.97 Å². The second-order valence-corrected chi connectivity index (χ2v) is 4.62. The third-order valence-electron chi connectivity index (χ3n) is 2.51. The summed E-state index contributed by atoms with van der Waals surface area (Å²) in [5, 5.41) is 8.63. The fourth-order valence-corrected chi connectivity index (χ4v) is 1.74. The molecule has 98 valence electrons. The molecule has 0 aliphatic carbocycles. The van der Waals surface area contributed by atoms with Gasteiger partial charge in [0.15, 0.2) is 0 Å². The zero-order chi connectivity index (χ0) is 13.7. The number of carbonyl (C=O) groups is 2. The van der Waals surface area contributed by atoms with Crippen molar-refractivity contribution in [3.8, 4) is 0 Å². The highest BCUT2D eigenvalue weighted by Gasteiger charge is 2.15. The number of amides is 1. The molecule has 0 aromatic heterocycles. The summed E-state index contributed by atoms with van der Waals surface area (Å²) in [6, 6.07) is 4.94. The Morgan fingerprint density at radius 3 is 2.61 bits per heavy atom. The maximum Gasteiger partial charge on any atom is 0.305 e. The monoisotopic (exact) mass is 314 g/mol. The van der Waals surface area contributed by atoms with E-state index in [9.17, 15) is 9.59 Å². The largest absolute Gasteiger partial charge is 0.481 e. The summed E-state index contributed by atoms with van der Waals surface area (Å²) in [4.78, 5) is 24.1. The maximum atomic E-state index is 12.1. The van der Waals surface area contributed by atoms with Gasteiger partial charge < -0.3 is 15.7 Å². The van der Waals surface area contributed by atoms with Crippen LogP contribution >= 0.6 is 15.9 Å². The molecule has 0 radical (unpaired) electrons. The van der Waals surface area contributed by atoms with Crippen molar-refractivity contribution in [2.24, 2.45) is 0 Å². The molecule has 0 fully saturated rings. The summed E-state index contributed by atoms with van der Waals surface area (Å²) in [5.41, 5.74) is 6.65. The molecule has 3 N–H and O–H groups in total. The van der Waals surface area contributed by atoms with E-state index in [-0.39, 0.29) is 18.9 Å². The molecule has 0 unspecified atom stereocenters. The molecule has 1 aromatic carbocycles. The summed E-state index contributed by atoms with van der Waals surface area (Å²) >= 11 is 3.25. The van der Waals surface area contributed by atoms with Crippen LogP contribution in [0.15, 0.2) is 22.7 Å². The Labute approximate surface area is 114 Å². The average molecular weight is 315 g/mol. The van der Waals surface area contributed by atoms with Crippen LogP contribution < -0.4 is 5.73 Å². The number of carbonyl (C=O) groups excluding carboxylic acids is 1. The predicted molar refractivity (Wildman–Crippen MR) is 72.4 cm³/mol. The van der Waals surface area contributed by atoms with Crippen LogP contribution in [0.5, 0.6) is 0 Å². The molecule has 1 amide bonds. The minimum absolute atomic E-state index is 0.0639. The van der Waals surface area contributed by atoms with Crippen LogP contribution in [0.4, 0.5) is 5.69 Å². The average Bonchev–Trinajstić information content (AvgIpc) is 2.32. The van der Waals surface area contributed by atoms with Gasteiger partial charge in [-0.1, -0.05) is 0 Å². The van der Waals surface area contributed by atoms with Gasteiger partial charge in [0.05, 0.1) is 6.42 Å². The van der Waals surface area contributed by atoms with E-state index in [1.807, 2.05) is 6.92 Å². The van der Waals surface area contributed by atoms with Gasteiger partial charge in [0, 0.05) is 28.8 Å². The Balaban J connectivity index is 2.82. The van der Waals surface area contributed by atoms with Gasteiger partial charge in [0.1, 0.15) is 0 Å². The van der Waals surface area contributed by atoms with Crippen LogP contribution in [0.3, 0.4) is 0 Å². The summed E-state index contributed by atoms with van der Waals surface area (Å²) < 4.78 is 0.729. The van der Waals surface area contributed by atoms with E-state index in [2.05, 4.69) is 15.9 Å². The smallest absolute Gasteiger partial charge is 0.305 e. The Morgan fingerprint density at radius 2 is 2.11 bits per heavy atom. The molecule has 0 aliphatic rings. The number of benzene rings is 1. The number of rotatable bonds is 5. The van der Waals surface area contributed by atoms with Gasteiger partial charge in [-0.05, 0) is 41.1 Å². The quantitative estimate of drug-likeness (QED) is 0.814. The lowest BCUT2D eigenvalue weighted by Crippen LogP contribution is -2.32. The Hall–Kier alpha value is -1.56. The lowest BCUT2D eigenvalue weighted by molar-refractivity contribution is -0.137. The number of anilines is 1. The number of hydrogen-bond donors (Lipinski definition) is 2. The third-order valence-corrected chi connectivity index (χ3v) is 3.23. The molecule has 0 bridgehead atoms. The topological polar surface area (TPSA) is 83.6 Å². The number of carboxylic acid groups (broad SMARTS) is 1. The Kier molecular flexibility index (Phi) is 5.15. The standard InChI is InChI=1S/C12H15BrN2O3/c1-2-15(6-5-11(16)17)12(18)8-3-4-9(13)10(14)7-8/h3-4,7H,2,5-6,14H2,1H3,(H,16,17). The fourth-order valence-electron chi connectivity index (χ4n) is 1.49. The van der Waals surface area contributed by atoms with E-state index >= 15 is 0 Å². The van der Waals surface area contributed by atoms with E-state index in [0.717, 1.165) is 4.47 Å². The molecule has 0 saturated carbocycles. The SMILES string of the molecule is CCN(CCC(=O)O)C(=O)c1ccc(Br)c(N)c1. The molecule has 0 aliphatic heterocycles. The first-order valence-corrected chi connectivity index (χ1v) is 6.31. The molecule has 18 heavy (non-hydrogen) atoms. The first-order valence-electron chi connectivity index (χ1n) is 5.51. The van der Waals surface area contributed by atoms with E-state index in [4.69, 9.17) is 10.8 Å². The third kappa shape index (κ3) is 3.73. The Bertz CT molecular complexity index is 463. The molecular formula is C12H15BrN2O3. The number of halogens is 1. The lowest BCUT2D eigenvalue weighted by atomic mass is 10.1. The van der Waals surface area contributed by atoms with Crippen LogP contribution in [-0.4, -0.2) is 35.0 Å². The number of nitrogens with two attached hydrogens (primary N) is 1. The zero-order valence-corrected chi connectivity index (χ0v) is 11.6. The number of nitrogen functional groups attached to an aromatic ring is 1. The van der Waals surface area contributed by atoms with Crippen molar-refractivity contribution < 1.29 is 14.7 Å². The first kappa shape index (κ1) is 14.5. The minimum Gasteiger partial charge on any atom is -0.481 e. The van der Waals surface area contributed by atoms with Crippen molar-refractivity contribution >= 4 is 33.5 Å². The highest BCUT2D eigenvalue weighted by Crippen LogP contribution is 2.21. The van der Waals surface area contributed by atoms with Gasteiger partial charge in [-0.3, -0.25) is 9.59 Å². The first-order chi connectivity index (χ1) is 8.45. The zero-order valence-electron chi connectivity index (χ0n) is 10.0. The molecule has 1 rings (SSSR count). The molecule has 0 heterocycles. The van der Waals surface area contributed by atoms with E-state index in [0.29, 0.717) is 17.8 Å². The van der Waals surface area contributed by atoms with Crippen molar-refractivity contribution in [3.63, 3.8) is 0 Å². The molecule has 5 nitrogen and oxygen atoms in total. The van der Waals surface area contributed by atoms with Crippen molar-refractivity contribution in [3.05, 3.63) is 28.2 Å². The summed E-state index contributed by atoms with van der Waals surface area (Å²) in [6.07, 6.45) is -0.0639. The maximum absolute atomic E-state index is 12.1. The normalized spacial score (nSPS) is 10.1. The molecular weight excluding hydrogens is 300 g/mol. The number of hydrogen-bond acceptors (Lipinski definition) is 3. The second kappa shape index (κ2) is 6.39. The van der Waals surface area contributed by atoms with Gasteiger partial charge in [-0.2, -0.15) is 0 Å². The van der Waals surface area contributed by atoms with Gasteiger partial charge in [-0.25, -0.2) is 0 Å². The van der Waals surface area contributed by atoms with E-state index in [1.54, 1.807) is 18.2 Å². The number of carboxylic acids is 1. The van der Waals surface area contributed by atoms with Crippen molar-refractivity contribution in [2.75, 3.05) is 18.8 Å². The summed E-state index contributed by atoms with van der Waals surface area (Å²) in [7, 11) is 0. The van der Waals surface area contributed by atoms with Gasteiger partial charge in [0.25, 0.3) is 5.91 Å². The highest BCUT2D eigenvalue weighted by molar-refractivity contribution is 9.10. The van der Waals surface area contributed by atoms with E-state index in [1.165, 1.54) is 4.90 Å². The minimum atomic E-state index is -0.920. The van der Waals surface area contributed by atoms with Crippen molar-refractivity contribution in [1.82, 2.24) is 4.90 Å². The van der Waals surface area contributed by atoms with Gasteiger partial charge in [-0.15, -0.1) is 0 Å². The van der Waals surface area contributed by atoms with E-state index < -0.39 is 5.97 Å². The number of nitrogens with zero attached hydrogens (tertiary/aromatic N) is 1. The fraction of sp³-hybridized carbons (Fsp3) is 0.333. The highest BCUT2D eigenvalue weighted by atomic mass is 79.9. The molecule has 6 heteroatoms. The summed E-state index contributed by atoms with van der Waals surface area (Å²) in [5.74, 6) is -1.13. The van der Waals surface area contributed by atoms with Gasteiger partial charge in [0.2, 0.25) is 0 Å². The molecule has 1 aromatic rings. The predicted octanol–water partition coefficient (Wildman–Crippen LogP) is 1.97. The summed E-state index contributed by atoms with van der Waals surface area (Å²) in [6.45, 7) is 2.46. The van der Waals surface area contributed by atoms with Crippen LogP contribution in [0.2, 0.25) is 0 Å². The van der Waals surface area contributed by atoms with Crippen LogP contribution in [0.25, 0.3) is 0 Å². The Morgan fingerprint density at radius 1 is 1.44 bits per heavy atom. The second-order valence-electron chi connectivity index (χ2n) is 3.76. The molecule has 0 saturated heterocycles. The molecule has 0 atom stereocenters. The van der Waals surface area contributed by atoms with Crippen LogP contribution in [0.1, 0.15) is 23.7 Å². The van der Waals surface area contributed by atoms with Crippen LogP contribution in [0, 0.1) is 0 Å². The number of aliphatic carboxylic acids is 1. The van der Waals surface area contributed by atoms with Crippen LogP contribution in [-0.2, 0) is 4.79 Å².